The molecule has 2 aromatic heterocycles. The summed E-state index contributed by atoms with van der Waals surface area (Å²) in [4.78, 5) is 18.4. The lowest BCUT2D eigenvalue weighted by Gasteiger charge is -2.04. The Hall–Kier alpha value is -1.86. The molecular formula is C16H18N4OS2. The molecule has 2 heterocycles. The number of para-hydroxylation sites is 1. The molecule has 0 spiro atoms. The van der Waals surface area contributed by atoms with Crippen LogP contribution in [0, 0.1) is 0 Å². The number of nitrogen functional groups attached to an aromatic ring is 1. The first-order valence-electron chi connectivity index (χ1n) is 7.53. The highest BCUT2D eigenvalue weighted by atomic mass is 32.2. The number of benzene rings is 1. The van der Waals surface area contributed by atoms with Gasteiger partial charge in [0.1, 0.15) is 5.01 Å². The fraction of sp³-hybridized carbons (Fsp3) is 0.312. The number of aromatic nitrogens is 3. The molecule has 2 N–H and O–H groups in total. The number of hydrogen-bond donors (Lipinski definition) is 1. The molecule has 0 radical (unpaired) electrons. The molecule has 0 fully saturated rings. The van der Waals surface area contributed by atoms with Crippen LogP contribution in [0.5, 0.6) is 0 Å². The molecule has 3 aromatic rings. The molecule has 0 unspecified atom stereocenters. The standard InChI is InChI=1S/C16H18N4OS2/c1-2-3-8-14-19-20-15(21)9-11(18-16(20)23-14)10-22-13-7-5-4-6-12(13)17/h4-7,9H,2-3,8,10,17H2,1H3. The van der Waals surface area contributed by atoms with Gasteiger partial charge in [0.15, 0.2) is 0 Å². The molecule has 0 bridgehead atoms. The van der Waals surface area contributed by atoms with E-state index < -0.39 is 0 Å². The van der Waals surface area contributed by atoms with Crippen LogP contribution in [-0.2, 0) is 12.2 Å². The van der Waals surface area contributed by atoms with E-state index in [0.717, 1.165) is 40.5 Å². The van der Waals surface area contributed by atoms with Gasteiger partial charge in [-0.2, -0.15) is 9.61 Å². The van der Waals surface area contributed by atoms with E-state index in [2.05, 4.69) is 17.0 Å². The van der Waals surface area contributed by atoms with Gasteiger partial charge in [0.2, 0.25) is 4.96 Å². The van der Waals surface area contributed by atoms with E-state index in [1.165, 1.54) is 15.9 Å². The Labute approximate surface area is 142 Å². The van der Waals surface area contributed by atoms with Crippen molar-refractivity contribution in [2.45, 2.75) is 36.8 Å². The maximum Gasteiger partial charge on any atom is 0.275 e. The van der Waals surface area contributed by atoms with E-state index in [1.54, 1.807) is 17.8 Å². The number of hydrogen-bond acceptors (Lipinski definition) is 6. The third kappa shape index (κ3) is 3.73. The zero-order valence-corrected chi connectivity index (χ0v) is 14.5. The van der Waals surface area contributed by atoms with Crippen molar-refractivity contribution in [1.29, 1.82) is 0 Å². The molecule has 0 aliphatic rings. The number of nitrogens with two attached hydrogens (primary N) is 1. The highest BCUT2D eigenvalue weighted by Gasteiger charge is 2.09. The second kappa shape index (κ2) is 7.14. The van der Waals surface area contributed by atoms with E-state index in [9.17, 15) is 4.79 Å². The number of unbranched alkanes of at least 4 members (excludes halogenated alkanes) is 1. The maximum absolute atomic E-state index is 12.2. The van der Waals surface area contributed by atoms with Crippen molar-refractivity contribution in [3.05, 3.63) is 51.4 Å². The summed E-state index contributed by atoms with van der Waals surface area (Å²) in [6.45, 7) is 2.14. The van der Waals surface area contributed by atoms with Crippen LogP contribution in [-0.4, -0.2) is 14.6 Å². The zero-order valence-electron chi connectivity index (χ0n) is 12.9. The largest absolute Gasteiger partial charge is 0.398 e. The maximum atomic E-state index is 12.2. The van der Waals surface area contributed by atoms with Crippen molar-refractivity contribution >= 4 is 33.7 Å². The minimum absolute atomic E-state index is 0.120. The lowest BCUT2D eigenvalue weighted by molar-refractivity contribution is 0.761. The molecule has 0 atom stereocenters. The summed E-state index contributed by atoms with van der Waals surface area (Å²) in [7, 11) is 0. The average molecular weight is 346 g/mol. The summed E-state index contributed by atoms with van der Waals surface area (Å²) >= 11 is 3.08. The summed E-state index contributed by atoms with van der Waals surface area (Å²) in [5.74, 6) is 0.613. The quantitative estimate of drug-likeness (QED) is 0.547. The number of aryl methyl sites for hydroxylation is 1. The Morgan fingerprint density at radius 2 is 2.17 bits per heavy atom. The van der Waals surface area contributed by atoms with E-state index in [0.29, 0.717) is 10.7 Å². The van der Waals surface area contributed by atoms with Gasteiger partial charge in [-0.15, -0.1) is 11.8 Å². The van der Waals surface area contributed by atoms with Crippen LogP contribution < -0.4 is 11.3 Å². The van der Waals surface area contributed by atoms with Crippen LogP contribution in [0.25, 0.3) is 4.96 Å². The predicted octanol–water partition coefficient (Wildman–Crippen LogP) is 3.37. The highest BCUT2D eigenvalue weighted by molar-refractivity contribution is 7.98. The van der Waals surface area contributed by atoms with Crippen LogP contribution >= 0.6 is 23.1 Å². The predicted molar refractivity (Wildman–Crippen MR) is 96.2 cm³/mol. The molecule has 0 aliphatic carbocycles. The number of fused-ring (bicyclic) bond motifs is 1. The van der Waals surface area contributed by atoms with Crippen molar-refractivity contribution in [2.75, 3.05) is 5.73 Å². The normalized spacial score (nSPS) is 11.2. The Balaban J connectivity index is 1.81. The number of rotatable bonds is 6. The average Bonchev–Trinajstić information content (AvgIpc) is 2.96. The molecule has 5 nitrogen and oxygen atoms in total. The molecular weight excluding hydrogens is 328 g/mol. The molecule has 0 aliphatic heterocycles. The van der Waals surface area contributed by atoms with E-state index >= 15 is 0 Å². The second-order valence-electron chi connectivity index (χ2n) is 5.21. The van der Waals surface area contributed by atoms with Gasteiger partial charge < -0.3 is 5.73 Å². The van der Waals surface area contributed by atoms with Crippen LogP contribution in [0.3, 0.4) is 0 Å². The SMILES string of the molecule is CCCCc1nn2c(=O)cc(CSc3ccccc3N)nc2s1. The van der Waals surface area contributed by atoms with E-state index in [4.69, 9.17) is 5.73 Å². The summed E-state index contributed by atoms with van der Waals surface area (Å²) in [6.07, 6.45) is 3.08. The zero-order chi connectivity index (χ0) is 16.2. The smallest absolute Gasteiger partial charge is 0.275 e. The van der Waals surface area contributed by atoms with Gasteiger partial charge in [0.05, 0.1) is 5.69 Å². The molecule has 23 heavy (non-hydrogen) atoms. The Morgan fingerprint density at radius 3 is 2.96 bits per heavy atom. The lowest BCUT2D eigenvalue weighted by atomic mass is 10.3. The summed E-state index contributed by atoms with van der Waals surface area (Å²) in [5.41, 5.74) is 7.32. The summed E-state index contributed by atoms with van der Waals surface area (Å²) in [6, 6.07) is 9.26. The first-order valence-corrected chi connectivity index (χ1v) is 9.33. The van der Waals surface area contributed by atoms with Gasteiger partial charge in [-0.1, -0.05) is 36.8 Å². The minimum atomic E-state index is -0.120. The van der Waals surface area contributed by atoms with Gasteiger partial charge >= 0.3 is 0 Å². The Morgan fingerprint density at radius 1 is 1.35 bits per heavy atom. The Bertz CT molecular complexity index is 872. The molecule has 120 valence electrons. The van der Waals surface area contributed by atoms with Crippen LogP contribution in [0.15, 0.2) is 40.0 Å². The number of anilines is 1. The summed E-state index contributed by atoms with van der Waals surface area (Å²) < 4.78 is 1.40. The van der Waals surface area contributed by atoms with Crippen molar-refractivity contribution in [2.24, 2.45) is 0 Å². The van der Waals surface area contributed by atoms with Crippen LogP contribution in [0.4, 0.5) is 5.69 Å². The third-order valence-corrected chi connectivity index (χ3v) is 5.47. The fourth-order valence-corrected chi connectivity index (χ4v) is 3.98. The van der Waals surface area contributed by atoms with Crippen LogP contribution in [0.1, 0.15) is 30.5 Å². The van der Waals surface area contributed by atoms with E-state index in [-0.39, 0.29) is 5.56 Å². The molecule has 0 saturated heterocycles. The third-order valence-electron chi connectivity index (χ3n) is 3.38. The van der Waals surface area contributed by atoms with Crippen molar-refractivity contribution < 1.29 is 0 Å². The molecule has 7 heteroatoms. The van der Waals surface area contributed by atoms with Crippen LogP contribution in [0.2, 0.25) is 0 Å². The molecule has 3 rings (SSSR count). The van der Waals surface area contributed by atoms with Gasteiger partial charge in [-0.25, -0.2) is 4.98 Å². The Kier molecular flexibility index (Phi) is 4.97. The first-order chi connectivity index (χ1) is 11.2. The molecule has 0 amide bonds. The van der Waals surface area contributed by atoms with Gasteiger partial charge in [0.25, 0.3) is 5.56 Å². The number of thioether (sulfide) groups is 1. The second-order valence-corrected chi connectivity index (χ2v) is 7.26. The summed E-state index contributed by atoms with van der Waals surface area (Å²) in [5, 5.41) is 5.32. The highest BCUT2D eigenvalue weighted by Crippen LogP contribution is 2.27. The molecule has 1 aromatic carbocycles. The van der Waals surface area contributed by atoms with Gasteiger partial charge in [-0.05, 0) is 18.6 Å². The minimum Gasteiger partial charge on any atom is -0.398 e. The van der Waals surface area contributed by atoms with Crippen molar-refractivity contribution in [3.63, 3.8) is 0 Å². The fourth-order valence-electron chi connectivity index (χ4n) is 2.16. The monoisotopic (exact) mass is 346 g/mol. The van der Waals surface area contributed by atoms with Crippen molar-refractivity contribution in [1.82, 2.24) is 14.6 Å². The van der Waals surface area contributed by atoms with Gasteiger partial charge in [0, 0.05) is 28.8 Å². The molecule has 0 saturated carbocycles. The number of nitrogens with zero attached hydrogens (tertiary/aromatic N) is 3. The van der Waals surface area contributed by atoms with Crippen molar-refractivity contribution in [3.8, 4) is 0 Å². The van der Waals surface area contributed by atoms with Gasteiger partial charge in [-0.3, -0.25) is 4.79 Å². The lowest BCUT2D eigenvalue weighted by Crippen LogP contribution is -2.15. The first kappa shape index (κ1) is 16.0. The topological polar surface area (TPSA) is 73.3 Å². The van der Waals surface area contributed by atoms with E-state index in [1.807, 2.05) is 24.3 Å².